The second kappa shape index (κ2) is 5.51. The first-order valence-corrected chi connectivity index (χ1v) is 2.59. The van der Waals surface area contributed by atoms with E-state index in [2.05, 4.69) is 0 Å². The normalized spacial score (nSPS) is 8.18. The molecule has 0 bridgehead atoms. The fraction of sp³-hybridized carbons (Fsp3) is 0.333. The van der Waals surface area contributed by atoms with Crippen molar-refractivity contribution in [2.45, 2.75) is 13.8 Å². The van der Waals surface area contributed by atoms with Crippen molar-refractivity contribution in [2.24, 2.45) is 0 Å². The van der Waals surface area contributed by atoms with Gasteiger partial charge in [-0.2, -0.15) is 0 Å². The Kier molecular flexibility index (Phi) is 7.22. The van der Waals surface area contributed by atoms with E-state index in [4.69, 9.17) is 9.52 Å². The molecule has 0 atom stereocenters. The van der Waals surface area contributed by atoms with Crippen molar-refractivity contribution in [3.05, 3.63) is 11.5 Å². The van der Waals surface area contributed by atoms with Crippen molar-refractivity contribution >= 4 is 0 Å². The first kappa shape index (κ1) is 14.4. The molecule has 0 saturated heterocycles. The van der Waals surface area contributed by atoms with E-state index in [0.717, 1.165) is 0 Å². The maximum atomic E-state index is 10.6. The first-order valence-electron chi connectivity index (χ1n) is 2.59. The van der Waals surface area contributed by atoms with Crippen LogP contribution in [0.4, 0.5) is 0 Å². The summed E-state index contributed by atoms with van der Waals surface area (Å²) in [7, 11) is 0. The van der Waals surface area contributed by atoms with Crippen LogP contribution in [0.15, 0.2) is 4.42 Å². The fourth-order valence-corrected chi connectivity index (χ4v) is 0.651. The topological polar surface area (TPSA) is 56.4 Å². The van der Waals surface area contributed by atoms with Crippen LogP contribution in [0.2, 0.25) is 0 Å². The summed E-state index contributed by atoms with van der Waals surface area (Å²) >= 11 is 0. The molecule has 0 aromatic carbocycles. The third-order valence-corrected chi connectivity index (χ3v) is 1.17. The van der Waals surface area contributed by atoms with Crippen LogP contribution in [0.3, 0.4) is 0 Å². The first-order chi connectivity index (χ1) is 4.13. The average molecular weight is 174 g/mol. The Morgan fingerprint density at radius 3 is 1.82 bits per heavy atom. The summed E-state index contributed by atoms with van der Waals surface area (Å²) < 4.78 is 4.78. The van der Waals surface area contributed by atoms with Gasteiger partial charge in [0.2, 0.25) is 0 Å². The molecule has 3 nitrogen and oxygen atoms in total. The zero-order valence-corrected chi connectivity index (χ0v) is 11.3. The molecule has 1 heterocycles. The van der Waals surface area contributed by atoms with Gasteiger partial charge in [0.15, 0.2) is 0 Å². The van der Waals surface area contributed by atoms with E-state index < -0.39 is 5.75 Å². The molecule has 0 unspecified atom stereocenters. The number of furan rings is 1. The molecule has 0 aliphatic heterocycles. The monoisotopic (exact) mass is 174 g/mol. The molecule has 5 heteroatoms. The van der Waals surface area contributed by atoms with Gasteiger partial charge in [0.1, 0.15) is 11.5 Å². The molecule has 1 aromatic heterocycles. The second-order valence-corrected chi connectivity index (χ2v) is 1.89. The number of hydrogen-bond donors (Lipinski definition) is 1. The molecular formula is C6H8Na2O3. The standard InChI is InChI=1S/C6H8O3.2Na.H/c1-3-5(7)6(8)4(2)9-3;;;/h7-8H,1-2H3;;;/q;2*+1;-1/p-1. The Morgan fingerprint density at radius 1 is 1.27 bits per heavy atom. The molecule has 0 aliphatic rings. The molecule has 1 N–H and O–H groups in total. The summed E-state index contributed by atoms with van der Waals surface area (Å²) in [5.74, 6) is -0.150. The molecule has 0 amide bonds. The molecule has 0 fully saturated rings. The van der Waals surface area contributed by atoms with E-state index >= 15 is 0 Å². The number of hydrogen-bond acceptors (Lipinski definition) is 3. The van der Waals surface area contributed by atoms with E-state index in [9.17, 15) is 5.11 Å². The molecule has 0 aliphatic carbocycles. The van der Waals surface area contributed by atoms with Gasteiger partial charge in [0.25, 0.3) is 0 Å². The van der Waals surface area contributed by atoms with Crippen molar-refractivity contribution in [3.63, 3.8) is 0 Å². The Morgan fingerprint density at radius 2 is 1.73 bits per heavy atom. The van der Waals surface area contributed by atoms with Gasteiger partial charge in [0.05, 0.1) is 5.76 Å². The summed E-state index contributed by atoms with van der Waals surface area (Å²) in [5.41, 5.74) is 0. The van der Waals surface area contributed by atoms with Gasteiger partial charge >= 0.3 is 59.1 Å². The number of aromatic hydroxyl groups is 1. The minimum atomic E-state index is -0.410. The van der Waals surface area contributed by atoms with Crippen LogP contribution in [0, 0.1) is 13.8 Å². The van der Waals surface area contributed by atoms with Gasteiger partial charge in [0, 0.05) is 0 Å². The summed E-state index contributed by atoms with van der Waals surface area (Å²) in [6.07, 6.45) is 0. The molecule has 1 rings (SSSR count). The predicted octanol–water partition coefficient (Wildman–Crippen LogP) is -5.20. The minimum absolute atomic E-state index is 0. The Labute approximate surface area is 111 Å². The average Bonchev–Trinajstić information content (AvgIpc) is 1.98. The van der Waals surface area contributed by atoms with Gasteiger partial charge in [-0.15, -0.1) is 0 Å². The van der Waals surface area contributed by atoms with Crippen LogP contribution >= 0.6 is 0 Å². The van der Waals surface area contributed by atoms with Gasteiger partial charge in [-0.3, -0.25) is 0 Å². The maximum absolute atomic E-state index is 10.6. The third kappa shape index (κ3) is 3.01. The van der Waals surface area contributed by atoms with Crippen molar-refractivity contribution in [2.75, 3.05) is 0 Å². The van der Waals surface area contributed by atoms with Crippen LogP contribution in [-0.4, -0.2) is 5.11 Å². The van der Waals surface area contributed by atoms with Crippen LogP contribution in [0.5, 0.6) is 11.5 Å². The zero-order valence-electron chi connectivity index (χ0n) is 8.26. The third-order valence-electron chi connectivity index (χ3n) is 1.17. The van der Waals surface area contributed by atoms with Crippen molar-refractivity contribution < 1.29 is 75.2 Å². The molecule has 0 radical (unpaired) electrons. The SMILES string of the molecule is Cc1oc(C)c(O)c1[O-].[H-].[Na+].[Na+]. The zero-order chi connectivity index (χ0) is 7.02. The number of aryl methyl sites for hydroxylation is 2. The molecule has 11 heavy (non-hydrogen) atoms. The second-order valence-electron chi connectivity index (χ2n) is 1.89. The predicted molar refractivity (Wildman–Crippen MR) is 30.4 cm³/mol. The minimum Gasteiger partial charge on any atom is -1.00 e. The smallest absolute Gasteiger partial charge is 1.00 e. The Bertz CT molecular complexity index is 214. The van der Waals surface area contributed by atoms with Crippen LogP contribution < -0.4 is 64.2 Å². The van der Waals surface area contributed by atoms with E-state index in [-0.39, 0.29) is 77.8 Å². The van der Waals surface area contributed by atoms with E-state index in [1.54, 1.807) is 6.92 Å². The van der Waals surface area contributed by atoms with Crippen LogP contribution in [0.1, 0.15) is 12.9 Å². The fourth-order valence-electron chi connectivity index (χ4n) is 0.651. The quantitative estimate of drug-likeness (QED) is 0.400. The molecular weight excluding hydrogens is 166 g/mol. The van der Waals surface area contributed by atoms with Crippen molar-refractivity contribution in [1.29, 1.82) is 0 Å². The van der Waals surface area contributed by atoms with E-state index in [0.29, 0.717) is 0 Å². The summed E-state index contributed by atoms with van der Waals surface area (Å²) in [4.78, 5) is 0. The van der Waals surface area contributed by atoms with Crippen LogP contribution in [0.25, 0.3) is 0 Å². The van der Waals surface area contributed by atoms with Gasteiger partial charge in [-0.1, -0.05) is 0 Å². The summed E-state index contributed by atoms with van der Waals surface area (Å²) in [6.45, 7) is 3.07. The molecule has 0 saturated carbocycles. The van der Waals surface area contributed by atoms with E-state index in [1.165, 1.54) is 6.92 Å². The molecule has 1 aromatic rings. The number of rotatable bonds is 0. The molecule has 52 valence electrons. The van der Waals surface area contributed by atoms with Crippen molar-refractivity contribution in [3.8, 4) is 11.5 Å². The van der Waals surface area contributed by atoms with Gasteiger partial charge < -0.3 is 16.1 Å². The van der Waals surface area contributed by atoms with Gasteiger partial charge in [-0.25, -0.2) is 0 Å². The van der Waals surface area contributed by atoms with Crippen molar-refractivity contribution in [1.82, 2.24) is 0 Å². The van der Waals surface area contributed by atoms with Crippen LogP contribution in [-0.2, 0) is 0 Å². The van der Waals surface area contributed by atoms with Gasteiger partial charge in [-0.05, 0) is 19.6 Å². The Hall–Kier alpha value is 0.880. The summed E-state index contributed by atoms with van der Waals surface area (Å²) in [6, 6.07) is 0. The van der Waals surface area contributed by atoms with E-state index in [1.807, 2.05) is 0 Å². The Balaban J connectivity index is -0.000000270. The maximum Gasteiger partial charge on any atom is 1.00 e. The molecule has 0 spiro atoms. The summed E-state index contributed by atoms with van der Waals surface area (Å²) in [5, 5.41) is 19.5. The largest absolute Gasteiger partial charge is 1.00 e.